The van der Waals surface area contributed by atoms with E-state index in [1.54, 1.807) is 42.5 Å². The largest absolute Gasteiger partial charge is 0.487 e. The second-order valence-corrected chi connectivity index (χ2v) is 8.08. The molecule has 0 aromatic heterocycles. The van der Waals surface area contributed by atoms with Gasteiger partial charge in [-0.25, -0.2) is 9.18 Å². The van der Waals surface area contributed by atoms with Crippen LogP contribution in [0.3, 0.4) is 0 Å². The van der Waals surface area contributed by atoms with E-state index >= 15 is 0 Å². The Labute approximate surface area is 186 Å². The Bertz CT molecular complexity index is 1040. The lowest BCUT2D eigenvalue weighted by atomic mass is 10.0. The van der Waals surface area contributed by atoms with Gasteiger partial charge in [0.2, 0.25) is 0 Å². The molecule has 0 spiro atoms. The lowest BCUT2D eigenvalue weighted by Crippen LogP contribution is -2.03. The SMILES string of the molecule is O=C(O)c1ccc(CCc2cc(Cl)cc(Br)c2OCc2cccc(Cl)c2F)cc1. The normalized spacial score (nSPS) is 10.8. The van der Waals surface area contributed by atoms with E-state index in [4.69, 9.17) is 33.0 Å². The molecule has 0 aliphatic rings. The smallest absolute Gasteiger partial charge is 0.335 e. The van der Waals surface area contributed by atoms with Crippen LogP contribution in [0.1, 0.15) is 27.0 Å². The maximum atomic E-state index is 14.1. The first kappa shape index (κ1) is 21.6. The van der Waals surface area contributed by atoms with Gasteiger partial charge in [0, 0.05) is 10.6 Å². The summed E-state index contributed by atoms with van der Waals surface area (Å²) in [4.78, 5) is 11.0. The minimum absolute atomic E-state index is 0.0208. The molecule has 0 heterocycles. The second-order valence-electron chi connectivity index (χ2n) is 6.38. The van der Waals surface area contributed by atoms with Gasteiger partial charge in [-0.1, -0.05) is 47.5 Å². The molecule has 3 aromatic rings. The van der Waals surface area contributed by atoms with Crippen LogP contribution in [0.2, 0.25) is 10.0 Å². The predicted octanol–water partition coefficient (Wildman–Crippen LogP) is 6.96. The number of halogens is 4. The lowest BCUT2D eigenvalue weighted by molar-refractivity contribution is 0.0697. The van der Waals surface area contributed by atoms with Gasteiger partial charge in [0.05, 0.1) is 15.1 Å². The van der Waals surface area contributed by atoms with E-state index in [-0.39, 0.29) is 17.2 Å². The molecule has 1 N–H and O–H groups in total. The van der Waals surface area contributed by atoms with E-state index in [9.17, 15) is 9.18 Å². The van der Waals surface area contributed by atoms with E-state index < -0.39 is 11.8 Å². The number of carboxylic acid groups (broad SMARTS) is 1. The fourth-order valence-corrected chi connectivity index (χ4v) is 4.05. The third-order valence-corrected chi connectivity index (χ3v) is 5.47. The highest BCUT2D eigenvalue weighted by molar-refractivity contribution is 9.10. The summed E-state index contributed by atoms with van der Waals surface area (Å²) in [5, 5.41) is 9.60. The Hall–Kier alpha value is -2.08. The second kappa shape index (κ2) is 9.61. The van der Waals surface area contributed by atoms with Gasteiger partial charge >= 0.3 is 5.97 Å². The number of aromatic carboxylic acids is 1. The van der Waals surface area contributed by atoms with E-state index in [1.807, 2.05) is 6.07 Å². The Balaban J connectivity index is 1.77. The predicted molar refractivity (Wildman–Crippen MR) is 116 cm³/mol. The van der Waals surface area contributed by atoms with E-state index in [0.717, 1.165) is 11.1 Å². The van der Waals surface area contributed by atoms with Gasteiger partial charge in [-0.15, -0.1) is 0 Å². The fraction of sp³-hybridized carbons (Fsp3) is 0.136. The van der Waals surface area contributed by atoms with Crippen molar-refractivity contribution in [3.8, 4) is 5.75 Å². The minimum atomic E-state index is -0.959. The summed E-state index contributed by atoms with van der Waals surface area (Å²) in [5.74, 6) is -0.880. The zero-order chi connectivity index (χ0) is 21.0. The molecule has 7 heteroatoms. The summed E-state index contributed by atoms with van der Waals surface area (Å²) < 4.78 is 20.7. The van der Waals surface area contributed by atoms with Gasteiger partial charge in [-0.2, -0.15) is 0 Å². The fourth-order valence-electron chi connectivity index (χ4n) is 2.86. The van der Waals surface area contributed by atoms with Gasteiger partial charge in [0.15, 0.2) is 0 Å². The van der Waals surface area contributed by atoms with Crippen molar-refractivity contribution in [3.05, 3.63) is 97.2 Å². The van der Waals surface area contributed by atoms with Crippen LogP contribution in [0.5, 0.6) is 5.75 Å². The number of ether oxygens (including phenoxy) is 1. The quantitative estimate of drug-likeness (QED) is 0.383. The molecule has 0 unspecified atom stereocenters. The summed E-state index contributed by atoms with van der Waals surface area (Å²) in [6, 6.07) is 15.0. The van der Waals surface area contributed by atoms with Gasteiger partial charge in [-0.05, 0) is 70.2 Å². The monoisotopic (exact) mass is 496 g/mol. The number of carbonyl (C=O) groups is 1. The number of aryl methyl sites for hydroxylation is 2. The lowest BCUT2D eigenvalue weighted by Gasteiger charge is -2.15. The van der Waals surface area contributed by atoms with E-state index in [0.29, 0.717) is 33.6 Å². The molecule has 0 aliphatic carbocycles. The average Bonchev–Trinajstić information content (AvgIpc) is 2.68. The molecular formula is C22H16BrCl2FO3. The Morgan fingerprint density at radius 3 is 2.45 bits per heavy atom. The van der Waals surface area contributed by atoms with Crippen LogP contribution in [0.25, 0.3) is 0 Å². The van der Waals surface area contributed by atoms with Crippen LogP contribution < -0.4 is 4.74 Å². The molecule has 0 amide bonds. The molecule has 29 heavy (non-hydrogen) atoms. The minimum Gasteiger partial charge on any atom is -0.487 e. The van der Waals surface area contributed by atoms with Gasteiger partial charge < -0.3 is 9.84 Å². The highest BCUT2D eigenvalue weighted by atomic mass is 79.9. The van der Waals surface area contributed by atoms with Gasteiger partial charge in [0.25, 0.3) is 0 Å². The maximum Gasteiger partial charge on any atom is 0.335 e. The van der Waals surface area contributed by atoms with Gasteiger partial charge in [-0.3, -0.25) is 0 Å². The maximum absolute atomic E-state index is 14.1. The molecule has 0 bridgehead atoms. The Morgan fingerprint density at radius 2 is 1.76 bits per heavy atom. The molecule has 3 aromatic carbocycles. The number of rotatable bonds is 7. The molecule has 0 atom stereocenters. The summed E-state index contributed by atoms with van der Waals surface area (Å²) >= 11 is 15.5. The van der Waals surface area contributed by atoms with Crippen LogP contribution in [0.4, 0.5) is 4.39 Å². The highest BCUT2D eigenvalue weighted by Crippen LogP contribution is 2.34. The standard InChI is InChI=1S/C22H16BrCl2FO3/c23-18-11-17(24)10-15(9-6-13-4-7-14(8-5-13)22(27)28)21(18)29-12-16-2-1-3-19(25)20(16)26/h1-5,7-8,10-11H,6,9,12H2,(H,27,28). The zero-order valence-electron chi connectivity index (χ0n) is 15.1. The van der Waals surface area contributed by atoms with Crippen molar-refractivity contribution in [2.24, 2.45) is 0 Å². The van der Waals surface area contributed by atoms with Crippen LogP contribution in [-0.4, -0.2) is 11.1 Å². The first-order chi connectivity index (χ1) is 13.8. The molecule has 0 aliphatic heterocycles. The van der Waals surface area contributed by atoms with Crippen LogP contribution in [-0.2, 0) is 19.4 Å². The molecule has 150 valence electrons. The average molecular weight is 498 g/mol. The molecule has 3 rings (SSSR count). The van der Waals surface area contributed by atoms with Crippen molar-refractivity contribution in [2.75, 3.05) is 0 Å². The van der Waals surface area contributed by atoms with Crippen molar-refractivity contribution >= 4 is 45.1 Å². The van der Waals surface area contributed by atoms with Crippen molar-refractivity contribution in [1.29, 1.82) is 0 Å². The van der Waals surface area contributed by atoms with Crippen LogP contribution in [0.15, 0.2) is 59.1 Å². The number of hydrogen-bond donors (Lipinski definition) is 1. The van der Waals surface area contributed by atoms with Crippen LogP contribution >= 0.6 is 39.1 Å². The molecule has 0 radical (unpaired) electrons. The van der Waals surface area contributed by atoms with Crippen molar-refractivity contribution in [2.45, 2.75) is 19.4 Å². The third kappa shape index (κ3) is 5.50. The van der Waals surface area contributed by atoms with E-state index in [1.165, 1.54) is 6.07 Å². The summed E-state index contributed by atoms with van der Waals surface area (Å²) in [6.45, 7) is 0.0208. The Kier molecular flexibility index (Phi) is 7.17. The summed E-state index contributed by atoms with van der Waals surface area (Å²) in [7, 11) is 0. The molecule has 0 fully saturated rings. The van der Waals surface area contributed by atoms with Crippen LogP contribution in [0, 0.1) is 5.82 Å². The topological polar surface area (TPSA) is 46.5 Å². The highest BCUT2D eigenvalue weighted by Gasteiger charge is 2.13. The summed E-state index contributed by atoms with van der Waals surface area (Å²) in [6.07, 6.45) is 1.27. The molecule has 0 saturated carbocycles. The molecule has 3 nitrogen and oxygen atoms in total. The van der Waals surface area contributed by atoms with Gasteiger partial charge in [0.1, 0.15) is 18.2 Å². The first-order valence-electron chi connectivity index (χ1n) is 8.71. The van der Waals surface area contributed by atoms with Crippen molar-refractivity contribution < 1.29 is 19.0 Å². The number of hydrogen-bond acceptors (Lipinski definition) is 2. The van der Waals surface area contributed by atoms with E-state index in [2.05, 4.69) is 15.9 Å². The molecule has 0 saturated heterocycles. The number of benzene rings is 3. The Morgan fingerprint density at radius 1 is 1.03 bits per heavy atom. The molecular weight excluding hydrogens is 482 g/mol. The summed E-state index contributed by atoms with van der Waals surface area (Å²) in [5.41, 5.74) is 2.44. The third-order valence-electron chi connectivity index (χ3n) is 4.37. The first-order valence-corrected chi connectivity index (χ1v) is 10.3. The zero-order valence-corrected chi connectivity index (χ0v) is 18.2. The van der Waals surface area contributed by atoms with Crippen molar-refractivity contribution in [3.63, 3.8) is 0 Å². The van der Waals surface area contributed by atoms with Crippen molar-refractivity contribution in [1.82, 2.24) is 0 Å². The number of carboxylic acids is 1.